The Hall–Kier alpha value is -0.570. The molecule has 0 aromatic rings. The normalized spacial score (nSPS) is 25.4. The molecule has 1 aliphatic carbocycles. The van der Waals surface area contributed by atoms with Gasteiger partial charge in [0.25, 0.3) is 0 Å². The highest BCUT2D eigenvalue weighted by molar-refractivity contribution is 5.81. The molecule has 0 bridgehead atoms. The van der Waals surface area contributed by atoms with Crippen LogP contribution in [0.5, 0.6) is 0 Å². The fourth-order valence-electron chi connectivity index (χ4n) is 3.20. The number of amides is 1. The van der Waals surface area contributed by atoms with Crippen LogP contribution in [0.2, 0.25) is 0 Å². The van der Waals surface area contributed by atoms with Crippen molar-refractivity contribution in [3.05, 3.63) is 0 Å². The van der Waals surface area contributed by atoms with Crippen molar-refractivity contribution in [1.82, 2.24) is 10.2 Å². The second kappa shape index (κ2) is 7.88. The van der Waals surface area contributed by atoms with E-state index in [-0.39, 0.29) is 11.9 Å². The first-order valence-electron chi connectivity index (χ1n) is 7.92. The molecule has 3 nitrogen and oxygen atoms in total. The van der Waals surface area contributed by atoms with Crippen LogP contribution in [0.15, 0.2) is 0 Å². The fourth-order valence-corrected chi connectivity index (χ4v) is 3.20. The van der Waals surface area contributed by atoms with Gasteiger partial charge in [-0.1, -0.05) is 40.0 Å². The summed E-state index contributed by atoms with van der Waals surface area (Å²) in [4.78, 5) is 14.0. The largest absolute Gasteiger partial charge is 0.347 e. The second-order valence-electron chi connectivity index (χ2n) is 6.64. The quantitative estimate of drug-likeness (QED) is 0.803. The monoisotopic (exact) mass is 268 g/mol. The van der Waals surface area contributed by atoms with Crippen molar-refractivity contribution in [1.29, 1.82) is 0 Å². The Bertz CT molecular complexity index is 276. The van der Waals surface area contributed by atoms with Gasteiger partial charge in [0.1, 0.15) is 0 Å². The summed E-state index contributed by atoms with van der Waals surface area (Å²) < 4.78 is 0. The molecule has 0 aromatic heterocycles. The van der Waals surface area contributed by atoms with Gasteiger partial charge in [-0.15, -0.1) is 0 Å². The third-order valence-electron chi connectivity index (χ3n) is 4.29. The number of carbonyl (C=O) groups excluding carboxylic acids is 1. The van der Waals surface area contributed by atoms with Crippen molar-refractivity contribution in [2.24, 2.45) is 11.8 Å². The van der Waals surface area contributed by atoms with Crippen LogP contribution in [0, 0.1) is 11.8 Å². The van der Waals surface area contributed by atoms with Gasteiger partial charge < -0.3 is 10.2 Å². The molecule has 1 N–H and O–H groups in total. The van der Waals surface area contributed by atoms with Gasteiger partial charge in [0.15, 0.2) is 0 Å². The summed E-state index contributed by atoms with van der Waals surface area (Å²) in [6.45, 7) is 6.65. The third-order valence-corrected chi connectivity index (χ3v) is 4.29. The molecule has 1 aliphatic rings. The first-order chi connectivity index (χ1) is 8.95. The number of nitrogens with one attached hydrogen (secondary N) is 1. The van der Waals surface area contributed by atoms with Crippen molar-refractivity contribution in [2.75, 3.05) is 14.1 Å². The Kier molecular flexibility index (Phi) is 6.84. The van der Waals surface area contributed by atoms with E-state index in [9.17, 15) is 4.79 Å². The Morgan fingerprint density at radius 1 is 1.26 bits per heavy atom. The van der Waals surface area contributed by atoms with E-state index >= 15 is 0 Å². The summed E-state index contributed by atoms with van der Waals surface area (Å²) in [5, 5.41) is 3.68. The molecule has 0 saturated heterocycles. The van der Waals surface area contributed by atoms with Crippen molar-refractivity contribution in [3.8, 4) is 0 Å². The molecule has 0 spiro atoms. The van der Waals surface area contributed by atoms with Crippen molar-refractivity contribution in [3.63, 3.8) is 0 Å². The maximum absolute atomic E-state index is 12.3. The van der Waals surface area contributed by atoms with E-state index in [1.165, 1.54) is 32.1 Å². The van der Waals surface area contributed by atoms with Crippen molar-refractivity contribution < 1.29 is 4.79 Å². The minimum absolute atomic E-state index is 0.00727. The maximum Gasteiger partial charge on any atom is 0.239 e. The summed E-state index contributed by atoms with van der Waals surface area (Å²) in [5.74, 6) is 1.53. The van der Waals surface area contributed by atoms with Gasteiger partial charge in [0, 0.05) is 20.1 Å². The summed E-state index contributed by atoms with van der Waals surface area (Å²) in [6.07, 6.45) is 7.37. The first kappa shape index (κ1) is 16.5. The summed E-state index contributed by atoms with van der Waals surface area (Å²) >= 11 is 0. The maximum atomic E-state index is 12.3. The average molecular weight is 268 g/mol. The molecule has 112 valence electrons. The SMILES string of the molecule is CCC1CCCCC1NC(CC(C)C)C(=O)N(C)C. The van der Waals surface area contributed by atoms with Crippen molar-refractivity contribution in [2.45, 2.75) is 71.4 Å². The van der Waals surface area contributed by atoms with Gasteiger partial charge in [0.2, 0.25) is 5.91 Å². The predicted molar refractivity (Wildman–Crippen MR) is 81.1 cm³/mol. The molecule has 19 heavy (non-hydrogen) atoms. The lowest BCUT2D eigenvalue weighted by Crippen LogP contribution is -2.51. The number of carbonyl (C=O) groups is 1. The van der Waals surface area contributed by atoms with Crippen LogP contribution in [-0.2, 0) is 4.79 Å². The highest BCUT2D eigenvalue weighted by atomic mass is 16.2. The van der Waals surface area contributed by atoms with Crippen LogP contribution >= 0.6 is 0 Å². The molecule has 3 heteroatoms. The number of rotatable bonds is 6. The fraction of sp³-hybridized carbons (Fsp3) is 0.938. The predicted octanol–water partition coefficient (Wildman–Crippen LogP) is 3.05. The highest BCUT2D eigenvalue weighted by Crippen LogP contribution is 2.27. The van der Waals surface area contributed by atoms with E-state index < -0.39 is 0 Å². The Labute approximate surface area is 119 Å². The molecule has 1 fully saturated rings. The molecular formula is C16H32N2O. The minimum atomic E-state index is -0.00727. The molecule has 0 aliphatic heterocycles. The van der Waals surface area contributed by atoms with E-state index in [0.29, 0.717) is 12.0 Å². The molecule has 1 rings (SSSR count). The van der Waals surface area contributed by atoms with Crippen LogP contribution in [-0.4, -0.2) is 37.0 Å². The minimum Gasteiger partial charge on any atom is -0.347 e. The van der Waals surface area contributed by atoms with Crippen LogP contribution < -0.4 is 5.32 Å². The number of hydrogen-bond donors (Lipinski definition) is 1. The van der Waals surface area contributed by atoms with E-state index in [1.54, 1.807) is 4.90 Å². The third kappa shape index (κ3) is 5.13. The molecular weight excluding hydrogens is 236 g/mol. The molecule has 3 atom stereocenters. The molecule has 0 radical (unpaired) electrons. The molecule has 3 unspecified atom stereocenters. The lowest BCUT2D eigenvalue weighted by molar-refractivity contribution is -0.131. The zero-order valence-electron chi connectivity index (χ0n) is 13.4. The average Bonchev–Trinajstić information content (AvgIpc) is 2.37. The van der Waals surface area contributed by atoms with Crippen LogP contribution in [0.25, 0.3) is 0 Å². The standard InChI is InChI=1S/C16H32N2O/c1-6-13-9-7-8-10-14(13)17-15(11-12(2)3)16(19)18(4)5/h12-15,17H,6-11H2,1-5H3. The zero-order valence-corrected chi connectivity index (χ0v) is 13.4. The summed E-state index contributed by atoms with van der Waals surface area (Å²) in [6, 6.07) is 0.526. The lowest BCUT2D eigenvalue weighted by atomic mass is 9.82. The van der Waals surface area contributed by atoms with Gasteiger partial charge in [-0.05, 0) is 31.1 Å². The van der Waals surface area contributed by atoms with E-state index in [0.717, 1.165) is 12.3 Å². The molecule has 0 aromatic carbocycles. The van der Waals surface area contributed by atoms with Crippen molar-refractivity contribution >= 4 is 5.91 Å². The first-order valence-corrected chi connectivity index (χ1v) is 7.92. The summed E-state index contributed by atoms with van der Waals surface area (Å²) in [7, 11) is 3.71. The number of hydrogen-bond acceptors (Lipinski definition) is 2. The molecule has 0 heterocycles. The lowest BCUT2D eigenvalue weighted by Gasteiger charge is -2.35. The van der Waals surface area contributed by atoms with E-state index in [4.69, 9.17) is 0 Å². The molecule has 1 saturated carbocycles. The Balaban J connectivity index is 2.66. The highest BCUT2D eigenvalue weighted by Gasteiger charge is 2.29. The van der Waals surface area contributed by atoms with Crippen LogP contribution in [0.1, 0.15) is 59.3 Å². The smallest absolute Gasteiger partial charge is 0.239 e. The number of likely N-dealkylation sites (N-methyl/N-ethyl adjacent to an activating group) is 1. The van der Waals surface area contributed by atoms with E-state index in [1.807, 2.05) is 14.1 Å². The van der Waals surface area contributed by atoms with E-state index in [2.05, 4.69) is 26.1 Å². The van der Waals surface area contributed by atoms with Gasteiger partial charge in [-0.3, -0.25) is 4.79 Å². The Morgan fingerprint density at radius 2 is 1.89 bits per heavy atom. The van der Waals surface area contributed by atoms with Gasteiger partial charge in [-0.2, -0.15) is 0 Å². The Morgan fingerprint density at radius 3 is 2.42 bits per heavy atom. The van der Waals surface area contributed by atoms with Crippen LogP contribution in [0.4, 0.5) is 0 Å². The molecule has 1 amide bonds. The number of nitrogens with zero attached hydrogens (tertiary/aromatic N) is 1. The topological polar surface area (TPSA) is 32.3 Å². The zero-order chi connectivity index (χ0) is 14.4. The van der Waals surface area contributed by atoms with Crippen LogP contribution in [0.3, 0.4) is 0 Å². The second-order valence-corrected chi connectivity index (χ2v) is 6.64. The van der Waals surface area contributed by atoms with Gasteiger partial charge in [0.05, 0.1) is 6.04 Å². The van der Waals surface area contributed by atoms with Gasteiger partial charge >= 0.3 is 0 Å². The summed E-state index contributed by atoms with van der Waals surface area (Å²) in [5.41, 5.74) is 0. The van der Waals surface area contributed by atoms with Gasteiger partial charge in [-0.25, -0.2) is 0 Å².